The topological polar surface area (TPSA) is 46.2 Å². The number of amides is 1. The van der Waals surface area contributed by atoms with E-state index in [0.717, 1.165) is 5.56 Å². The molecule has 0 aliphatic rings. The van der Waals surface area contributed by atoms with Crippen LogP contribution in [0.3, 0.4) is 0 Å². The van der Waals surface area contributed by atoms with Crippen molar-refractivity contribution in [3.05, 3.63) is 35.9 Å². The van der Waals surface area contributed by atoms with E-state index in [1.807, 2.05) is 30.3 Å². The van der Waals surface area contributed by atoms with Crippen LogP contribution in [0.15, 0.2) is 30.3 Å². The van der Waals surface area contributed by atoms with Crippen molar-refractivity contribution in [2.24, 2.45) is 0 Å². The lowest BCUT2D eigenvalue weighted by atomic mass is 10.1. The van der Waals surface area contributed by atoms with Gasteiger partial charge in [0.05, 0.1) is 0 Å². The fourth-order valence-electron chi connectivity index (χ4n) is 1.30. The van der Waals surface area contributed by atoms with Gasteiger partial charge < -0.3 is 5.32 Å². The van der Waals surface area contributed by atoms with Gasteiger partial charge in [-0.25, -0.2) is 0 Å². The van der Waals surface area contributed by atoms with Gasteiger partial charge in [0.1, 0.15) is 6.04 Å². The van der Waals surface area contributed by atoms with Crippen LogP contribution < -0.4 is 5.32 Å². The van der Waals surface area contributed by atoms with Crippen molar-refractivity contribution in [3.8, 4) is 0 Å². The maximum absolute atomic E-state index is 11.1. The molecule has 0 saturated carbocycles. The third-order valence-corrected chi connectivity index (χ3v) is 2.27. The predicted molar refractivity (Wildman–Crippen MR) is 61.7 cm³/mol. The van der Waals surface area contributed by atoms with Crippen molar-refractivity contribution in [1.29, 1.82) is 0 Å². The van der Waals surface area contributed by atoms with E-state index in [-0.39, 0.29) is 11.0 Å². The number of hydrogen-bond donors (Lipinski definition) is 2. The monoisotopic (exact) mass is 223 g/mol. The first-order valence-corrected chi connectivity index (χ1v) is 5.08. The lowest BCUT2D eigenvalue weighted by Crippen LogP contribution is -2.39. The molecule has 0 bridgehead atoms. The zero-order valence-corrected chi connectivity index (χ0v) is 9.33. The number of thiol groups is 1. The van der Waals surface area contributed by atoms with Crippen molar-refractivity contribution < 1.29 is 9.59 Å². The smallest absolute Gasteiger partial charge is 0.217 e. The number of nitrogens with one attached hydrogen (secondary N) is 1. The van der Waals surface area contributed by atoms with E-state index in [0.29, 0.717) is 6.42 Å². The minimum Gasteiger partial charge on any atom is -0.345 e. The quantitative estimate of drug-likeness (QED) is 0.753. The zero-order chi connectivity index (χ0) is 11.3. The lowest BCUT2D eigenvalue weighted by molar-refractivity contribution is -0.123. The molecule has 1 aromatic carbocycles. The summed E-state index contributed by atoms with van der Waals surface area (Å²) in [6.45, 7) is 1.38. The Hall–Kier alpha value is -1.29. The van der Waals surface area contributed by atoms with E-state index in [2.05, 4.69) is 17.9 Å². The number of rotatable bonds is 4. The average Bonchev–Trinajstić information content (AvgIpc) is 2.17. The molecule has 1 atom stereocenters. The summed E-state index contributed by atoms with van der Waals surface area (Å²) in [5.41, 5.74) is 0.999. The molecule has 0 unspecified atom stereocenters. The van der Waals surface area contributed by atoms with E-state index < -0.39 is 6.04 Å². The van der Waals surface area contributed by atoms with Gasteiger partial charge in [0.15, 0.2) is 0 Å². The van der Waals surface area contributed by atoms with E-state index >= 15 is 0 Å². The van der Waals surface area contributed by atoms with Gasteiger partial charge >= 0.3 is 0 Å². The van der Waals surface area contributed by atoms with Crippen molar-refractivity contribution in [1.82, 2.24) is 5.32 Å². The van der Waals surface area contributed by atoms with Crippen LogP contribution in [0.2, 0.25) is 0 Å². The van der Waals surface area contributed by atoms with Crippen LogP contribution in [-0.2, 0) is 16.0 Å². The van der Waals surface area contributed by atoms with Gasteiger partial charge in [-0.1, -0.05) is 30.3 Å². The number of benzene rings is 1. The summed E-state index contributed by atoms with van der Waals surface area (Å²) >= 11 is 3.74. The molecule has 0 spiro atoms. The summed E-state index contributed by atoms with van der Waals surface area (Å²) in [6, 6.07) is 8.95. The molecule has 0 aliphatic heterocycles. The van der Waals surface area contributed by atoms with Crippen LogP contribution in [0.5, 0.6) is 0 Å². The molecule has 4 heteroatoms. The average molecular weight is 223 g/mol. The molecule has 0 aromatic heterocycles. The fraction of sp³-hybridized carbons (Fsp3) is 0.273. The number of carbonyl (C=O) groups excluding carboxylic acids is 2. The molecular weight excluding hydrogens is 210 g/mol. The van der Waals surface area contributed by atoms with Crippen molar-refractivity contribution in [3.63, 3.8) is 0 Å². The van der Waals surface area contributed by atoms with E-state index in [4.69, 9.17) is 0 Å². The van der Waals surface area contributed by atoms with Gasteiger partial charge in [0.2, 0.25) is 11.0 Å². The third-order valence-electron chi connectivity index (χ3n) is 1.96. The molecule has 80 valence electrons. The summed E-state index contributed by atoms with van der Waals surface area (Å²) in [7, 11) is 0. The van der Waals surface area contributed by atoms with Gasteiger partial charge in [-0.05, 0) is 5.56 Å². The Morgan fingerprint density at radius 2 is 1.93 bits per heavy atom. The second-order valence-electron chi connectivity index (χ2n) is 3.28. The zero-order valence-electron chi connectivity index (χ0n) is 8.43. The minimum atomic E-state index is -0.548. The maximum Gasteiger partial charge on any atom is 0.217 e. The second kappa shape index (κ2) is 5.56. The van der Waals surface area contributed by atoms with Crippen LogP contribution in [0.25, 0.3) is 0 Å². The Balaban J connectivity index is 2.67. The van der Waals surface area contributed by atoms with E-state index in [9.17, 15) is 9.59 Å². The van der Waals surface area contributed by atoms with Gasteiger partial charge in [0, 0.05) is 13.3 Å². The summed E-state index contributed by atoms with van der Waals surface area (Å²) in [6.07, 6.45) is 0.475. The Bertz CT molecular complexity index is 351. The molecule has 1 aromatic rings. The van der Waals surface area contributed by atoms with Crippen LogP contribution in [-0.4, -0.2) is 17.1 Å². The number of hydrogen-bond acceptors (Lipinski definition) is 2. The summed E-state index contributed by atoms with van der Waals surface area (Å²) in [5, 5.41) is 2.24. The first-order chi connectivity index (χ1) is 7.09. The van der Waals surface area contributed by atoms with Crippen LogP contribution in [0, 0.1) is 0 Å². The summed E-state index contributed by atoms with van der Waals surface area (Å²) in [4.78, 5) is 22.0. The van der Waals surface area contributed by atoms with Crippen molar-refractivity contribution >= 4 is 23.7 Å². The molecule has 0 saturated heterocycles. The van der Waals surface area contributed by atoms with Gasteiger partial charge in [-0.2, -0.15) is 0 Å². The third kappa shape index (κ3) is 4.16. The minimum absolute atomic E-state index is 0.224. The highest BCUT2D eigenvalue weighted by atomic mass is 32.1. The highest BCUT2D eigenvalue weighted by Crippen LogP contribution is 2.05. The van der Waals surface area contributed by atoms with Crippen molar-refractivity contribution in [2.45, 2.75) is 19.4 Å². The number of carbonyl (C=O) groups is 2. The van der Waals surface area contributed by atoms with Crippen molar-refractivity contribution in [2.75, 3.05) is 0 Å². The second-order valence-corrected chi connectivity index (χ2v) is 3.72. The highest BCUT2D eigenvalue weighted by Gasteiger charge is 2.16. The van der Waals surface area contributed by atoms with Crippen LogP contribution >= 0.6 is 12.6 Å². The molecule has 3 nitrogen and oxygen atoms in total. The molecule has 0 aliphatic carbocycles. The summed E-state index contributed by atoms with van der Waals surface area (Å²) in [5.74, 6) is -0.224. The molecule has 1 rings (SSSR count). The largest absolute Gasteiger partial charge is 0.345 e. The van der Waals surface area contributed by atoms with Crippen LogP contribution in [0.1, 0.15) is 12.5 Å². The molecule has 1 N–H and O–H groups in total. The summed E-state index contributed by atoms with van der Waals surface area (Å²) < 4.78 is 0. The Morgan fingerprint density at radius 3 is 2.40 bits per heavy atom. The van der Waals surface area contributed by atoms with Gasteiger partial charge in [0.25, 0.3) is 0 Å². The Labute approximate surface area is 94.3 Å². The van der Waals surface area contributed by atoms with E-state index in [1.165, 1.54) is 6.92 Å². The molecular formula is C11H13NO2S. The Kier molecular flexibility index (Phi) is 4.37. The standard InChI is InChI=1S/C11H13NO2S/c1-8(13)12-10(11(14)15)7-9-5-3-2-4-6-9/h2-6,10H,7H2,1H3,(H,12,13)(H,14,15)/t10-/m0/s1. The molecule has 0 fully saturated rings. The Morgan fingerprint density at radius 1 is 1.33 bits per heavy atom. The lowest BCUT2D eigenvalue weighted by Gasteiger charge is -2.13. The normalized spacial score (nSPS) is 11.9. The molecule has 1 amide bonds. The maximum atomic E-state index is 11.1. The van der Waals surface area contributed by atoms with Gasteiger partial charge in [-0.3, -0.25) is 9.59 Å². The van der Waals surface area contributed by atoms with Crippen LogP contribution in [0.4, 0.5) is 0 Å². The highest BCUT2D eigenvalue weighted by molar-refractivity contribution is 7.96. The first-order valence-electron chi connectivity index (χ1n) is 4.63. The fourth-order valence-corrected chi connectivity index (χ4v) is 1.45. The van der Waals surface area contributed by atoms with E-state index in [1.54, 1.807) is 0 Å². The first kappa shape index (κ1) is 11.8. The van der Waals surface area contributed by atoms with Gasteiger partial charge in [-0.15, -0.1) is 12.6 Å². The SMILES string of the molecule is CC(=O)N[C@@H](Cc1ccccc1)C(=O)S. The molecule has 15 heavy (non-hydrogen) atoms. The molecule has 0 heterocycles. The molecule has 0 radical (unpaired) electrons. The predicted octanol–water partition coefficient (Wildman–Crippen LogP) is 1.19.